The first-order chi connectivity index (χ1) is 19.2. The van der Waals surface area contributed by atoms with Crippen molar-refractivity contribution in [3.63, 3.8) is 0 Å². The van der Waals surface area contributed by atoms with E-state index in [0.29, 0.717) is 54.4 Å². The molecule has 0 spiro atoms. The molecule has 1 aromatic carbocycles. The van der Waals surface area contributed by atoms with Gasteiger partial charge < -0.3 is 29.9 Å². The summed E-state index contributed by atoms with van der Waals surface area (Å²) in [6.45, 7) is 3.11. The van der Waals surface area contributed by atoms with Crippen molar-refractivity contribution in [2.75, 3.05) is 49.7 Å². The summed E-state index contributed by atoms with van der Waals surface area (Å²) in [6, 6.07) is 7.66. The van der Waals surface area contributed by atoms with Crippen LogP contribution in [0.2, 0.25) is 0 Å². The molecule has 12 heteroatoms. The van der Waals surface area contributed by atoms with E-state index in [4.69, 9.17) is 9.47 Å². The van der Waals surface area contributed by atoms with Crippen LogP contribution in [0.15, 0.2) is 48.8 Å². The lowest BCUT2D eigenvalue weighted by Crippen LogP contribution is -2.32. The van der Waals surface area contributed by atoms with E-state index in [9.17, 15) is 28.2 Å². The number of halogens is 3. The molecular formula is C28H31F3N4O5. The van der Waals surface area contributed by atoms with Crippen molar-refractivity contribution in [1.29, 1.82) is 0 Å². The third-order valence-electron chi connectivity index (χ3n) is 6.47. The molecule has 0 bridgehead atoms. The second-order valence-corrected chi connectivity index (χ2v) is 9.30. The Bertz CT molecular complexity index is 1310. The highest BCUT2D eigenvalue weighted by Gasteiger charge is 2.31. The molecule has 1 saturated heterocycles. The third kappa shape index (κ3) is 7.26. The first-order valence-electron chi connectivity index (χ1n) is 12.9. The molecule has 1 fully saturated rings. The number of nitrogens with zero attached hydrogens (tertiary/aromatic N) is 3. The summed E-state index contributed by atoms with van der Waals surface area (Å²) < 4.78 is 50.9. The molecule has 1 aliphatic rings. The minimum absolute atomic E-state index is 0.0891. The van der Waals surface area contributed by atoms with E-state index in [2.05, 4.69) is 15.3 Å². The number of carbonyl (C=O) groups excluding carboxylic acids is 1. The van der Waals surface area contributed by atoms with Crippen LogP contribution in [-0.4, -0.2) is 71.7 Å². The van der Waals surface area contributed by atoms with Crippen molar-refractivity contribution in [3.8, 4) is 17.0 Å². The zero-order valence-electron chi connectivity index (χ0n) is 21.9. The Kier molecular flexibility index (Phi) is 9.56. The van der Waals surface area contributed by atoms with E-state index in [1.807, 2.05) is 6.07 Å². The topological polar surface area (TPSA) is 117 Å². The number of anilines is 2. The Morgan fingerprint density at radius 1 is 1.10 bits per heavy atom. The minimum atomic E-state index is -4.57. The van der Waals surface area contributed by atoms with Crippen molar-refractivity contribution < 1.29 is 37.7 Å². The summed E-state index contributed by atoms with van der Waals surface area (Å²) in [7, 11) is 0. The Morgan fingerprint density at radius 3 is 2.50 bits per heavy atom. The normalized spacial score (nSPS) is 14.2. The molecule has 3 heterocycles. The lowest BCUT2D eigenvalue weighted by molar-refractivity contribution is -0.137. The fourth-order valence-corrected chi connectivity index (χ4v) is 4.38. The summed E-state index contributed by atoms with van der Waals surface area (Å²) in [6.07, 6.45) is -0.213. The molecule has 3 N–H and O–H groups in total. The van der Waals surface area contributed by atoms with Crippen molar-refractivity contribution in [2.45, 2.75) is 32.0 Å². The Balaban J connectivity index is 1.65. The van der Waals surface area contributed by atoms with Gasteiger partial charge in [-0.25, -0.2) is 4.98 Å². The van der Waals surface area contributed by atoms with Crippen molar-refractivity contribution in [3.05, 3.63) is 65.6 Å². The second-order valence-electron chi connectivity index (χ2n) is 9.30. The van der Waals surface area contributed by atoms with Crippen LogP contribution in [0.25, 0.3) is 11.1 Å². The number of aliphatic hydroxyl groups excluding tert-OH is 2. The summed E-state index contributed by atoms with van der Waals surface area (Å²) in [4.78, 5) is 23.4. The number of hydrogen-bond acceptors (Lipinski definition) is 8. The summed E-state index contributed by atoms with van der Waals surface area (Å²) >= 11 is 0. The molecule has 0 saturated carbocycles. The van der Waals surface area contributed by atoms with Gasteiger partial charge in [-0.1, -0.05) is 6.07 Å². The van der Waals surface area contributed by atoms with Gasteiger partial charge >= 0.3 is 6.18 Å². The quantitative estimate of drug-likeness (QED) is 0.340. The van der Waals surface area contributed by atoms with E-state index in [-0.39, 0.29) is 43.7 Å². The fourth-order valence-electron chi connectivity index (χ4n) is 4.38. The number of nitrogens with one attached hydrogen (secondary N) is 1. The highest BCUT2D eigenvalue weighted by Crippen LogP contribution is 2.35. The monoisotopic (exact) mass is 560 g/mol. The van der Waals surface area contributed by atoms with E-state index < -0.39 is 17.6 Å². The van der Waals surface area contributed by atoms with E-state index in [1.54, 1.807) is 24.1 Å². The Labute approximate surface area is 229 Å². The zero-order valence-corrected chi connectivity index (χ0v) is 21.9. The number of aryl methyl sites for hydroxylation is 1. The highest BCUT2D eigenvalue weighted by molar-refractivity contribution is 6.04. The van der Waals surface area contributed by atoms with E-state index >= 15 is 0 Å². The molecule has 214 valence electrons. The van der Waals surface area contributed by atoms with Gasteiger partial charge in [-0.3, -0.25) is 9.78 Å². The predicted molar refractivity (Wildman–Crippen MR) is 142 cm³/mol. The maximum atomic E-state index is 13.1. The molecule has 0 aliphatic carbocycles. The molecule has 2 aromatic heterocycles. The van der Waals surface area contributed by atoms with Crippen molar-refractivity contribution in [1.82, 2.24) is 9.97 Å². The lowest BCUT2D eigenvalue weighted by atomic mass is 10.0. The SMILES string of the molecule is Cc1ncc(NC(=O)c2cccc(C(F)(F)F)c2)cc1-c1cnc(OC2CCOCC2)c(N(CCO)CCO)c1. The van der Waals surface area contributed by atoms with Crippen molar-refractivity contribution in [2.24, 2.45) is 0 Å². The molecular weight excluding hydrogens is 529 g/mol. The number of carbonyl (C=O) groups is 1. The summed E-state index contributed by atoms with van der Waals surface area (Å²) in [5.74, 6) is -0.351. The van der Waals surface area contributed by atoms with Gasteiger partial charge in [0.1, 0.15) is 11.8 Å². The van der Waals surface area contributed by atoms with Gasteiger partial charge in [0.2, 0.25) is 5.88 Å². The van der Waals surface area contributed by atoms with Crippen LogP contribution >= 0.6 is 0 Å². The Morgan fingerprint density at radius 2 is 1.82 bits per heavy atom. The van der Waals surface area contributed by atoms with Crippen LogP contribution in [-0.2, 0) is 10.9 Å². The van der Waals surface area contributed by atoms with Crippen LogP contribution < -0.4 is 15.0 Å². The van der Waals surface area contributed by atoms with Gasteiger partial charge in [0.05, 0.1) is 43.9 Å². The molecule has 1 amide bonds. The van der Waals surface area contributed by atoms with Gasteiger partial charge in [0.15, 0.2) is 0 Å². The highest BCUT2D eigenvalue weighted by atomic mass is 19.4. The van der Waals surface area contributed by atoms with Gasteiger partial charge in [-0.2, -0.15) is 13.2 Å². The first-order valence-corrected chi connectivity index (χ1v) is 12.9. The second kappa shape index (κ2) is 13.1. The number of aliphatic hydroxyl groups is 2. The van der Waals surface area contributed by atoms with Crippen molar-refractivity contribution >= 4 is 17.3 Å². The number of ether oxygens (including phenoxy) is 2. The number of benzene rings is 1. The molecule has 9 nitrogen and oxygen atoms in total. The summed E-state index contributed by atoms with van der Waals surface area (Å²) in [5, 5.41) is 21.9. The zero-order chi connectivity index (χ0) is 28.7. The van der Waals surface area contributed by atoms with E-state index in [1.165, 1.54) is 18.3 Å². The number of rotatable bonds is 10. The van der Waals surface area contributed by atoms with Crippen LogP contribution in [0.4, 0.5) is 24.5 Å². The predicted octanol–water partition coefficient (Wildman–Crippen LogP) is 4.07. The van der Waals surface area contributed by atoms with Crippen LogP contribution in [0.1, 0.15) is 34.5 Å². The first kappa shape index (κ1) is 29.2. The fraction of sp³-hybridized carbons (Fsp3) is 0.393. The number of hydrogen-bond donors (Lipinski definition) is 3. The number of pyridine rings is 2. The Hall–Kier alpha value is -3.74. The van der Waals surface area contributed by atoms with Gasteiger partial charge in [0, 0.05) is 54.5 Å². The van der Waals surface area contributed by atoms with Crippen LogP contribution in [0.3, 0.4) is 0 Å². The smallest absolute Gasteiger partial charge is 0.416 e. The molecule has 0 atom stereocenters. The lowest BCUT2D eigenvalue weighted by Gasteiger charge is -2.28. The van der Waals surface area contributed by atoms with E-state index in [0.717, 1.165) is 12.1 Å². The molecule has 40 heavy (non-hydrogen) atoms. The average molecular weight is 561 g/mol. The summed E-state index contributed by atoms with van der Waals surface area (Å²) in [5.41, 5.74) is 1.69. The molecule has 0 radical (unpaired) electrons. The number of aromatic nitrogens is 2. The van der Waals surface area contributed by atoms with Gasteiger partial charge in [-0.15, -0.1) is 0 Å². The van der Waals surface area contributed by atoms with Crippen LogP contribution in [0, 0.1) is 6.92 Å². The maximum Gasteiger partial charge on any atom is 0.416 e. The van der Waals surface area contributed by atoms with Gasteiger partial charge in [-0.05, 0) is 37.3 Å². The maximum absolute atomic E-state index is 13.1. The third-order valence-corrected chi connectivity index (χ3v) is 6.47. The number of alkyl halides is 3. The number of amides is 1. The van der Waals surface area contributed by atoms with Gasteiger partial charge in [0.25, 0.3) is 5.91 Å². The standard InChI is InChI=1S/C28H31F3N4O5/c1-18-24(15-22(17-32-18)34-26(38)19-3-2-4-21(13-19)28(29,30)31)20-14-25(35(7-9-36)8-10-37)27(33-16-20)40-23-5-11-39-12-6-23/h2-4,13-17,23,36-37H,5-12H2,1H3,(H,34,38). The van der Waals surface area contributed by atoms with Crippen LogP contribution in [0.5, 0.6) is 5.88 Å². The minimum Gasteiger partial charge on any atom is -0.473 e. The molecule has 1 aliphatic heterocycles. The average Bonchev–Trinajstić information content (AvgIpc) is 2.94. The molecule has 4 rings (SSSR count). The molecule has 0 unspecified atom stereocenters. The largest absolute Gasteiger partial charge is 0.473 e. The molecule has 3 aromatic rings.